The van der Waals surface area contributed by atoms with Crippen molar-refractivity contribution in [1.29, 1.82) is 0 Å². The van der Waals surface area contributed by atoms with Crippen LogP contribution in [0.3, 0.4) is 0 Å². The van der Waals surface area contributed by atoms with Gasteiger partial charge < -0.3 is 10.0 Å². The summed E-state index contributed by atoms with van der Waals surface area (Å²) in [6.07, 6.45) is -4.79. The van der Waals surface area contributed by atoms with Crippen LogP contribution in [0.5, 0.6) is 0 Å². The Labute approximate surface area is 193 Å². The second kappa shape index (κ2) is 8.19. The van der Waals surface area contributed by atoms with Crippen molar-refractivity contribution in [2.75, 3.05) is 31.6 Å². The fourth-order valence-corrected chi connectivity index (χ4v) is 4.40. The number of likely N-dealkylation sites (N-methyl/N-ethyl adjacent to an activating group) is 1. The molecule has 0 radical (unpaired) electrons. The first-order valence-electron chi connectivity index (χ1n) is 10.6. The second-order valence-electron chi connectivity index (χ2n) is 9.15. The molecule has 34 heavy (non-hydrogen) atoms. The number of carboxylic acids is 1. The number of benzene rings is 2. The van der Waals surface area contributed by atoms with Crippen LogP contribution in [0.15, 0.2) is 41.4 Å². The molecule has 6 nitrogen and oxygen atoms in total. The lowest BCUT2D eigenvalue weighted by Gasteiger charge is -2.46. The third-order valence-corrected chi connectivity index (χ3v) is 6.52. The lowest BCUT2D eigenvalue weighted by molar-refractivity contribution is -0.139. The molecule has 2 heterocycles. The van der Waals surface area contributed by atoms with Crippen molar-refractivity contribution >= 4 is 28.8 Å². The molecule has 2 aliphatic heterocycles. The fraction of sp³-hybridized carbons (Fsp3) is 0.375. The van der Waals surface area contributed by atoms with E-state index in [-0.39, 0.29) is 22.5 Å². The number of halogens is 4. The Hall–Kier alpha value is -3.27. The zero-order valence-corrected chi connectivity index (χ0v) is 18.8. The molecule has 1 unspecified atom stereocenters. The van der Waals surface area contributed by atoms with E-state index in [0.29, 0.717) is 19.6 Å². The molecular formula is C24H23F4N3O3. The molecule has 1 N–H and O–H groups in total. The molecule has 1 saturated heterocycles. The van der Waals surface area contributed by atoms with Gasteiger partial charge in [0.1, 0.15) is 5.82 Å². The summed E-state index contributed by atoms with van der Waals surface area (Å²) in [6, 6.07) is 6.63. The first kappa shape index (κ1) is 23.9. The Morgan fingerprint density at radius 1 is 1.15 bits per heavy atom. The van der Waals surface area contributed by atoms with Gasteiger partial charge in [-0.05, 0) is 39.1 Å². The standard InChI is InChI=1S/C24H23F4N3O3/c1-23(2)12-31(9-8-30(23)3)18-11-17-14(10-16(18)25)21(32)19(22(33)34)20(29-17)13-6-4-5-7-15(13)24(26,27)28/h4-7,10-11,19H,8-9,12H2,1-3H3,(H,33,34). The Bertz CT molecular complexity index is 1210. The van der Waals surface area contributed by atoms with Crippen LogP contribution < -0.4 is 4.90 Å². The van der Waals surface area contributed by atoms with E-state index in [2.05, 4.69) is 9.89 Å². The maximum absolute atomic E-state index is 15.1. The number of alkyl halides is 3. The van der Waals surface area contributed by atoms with Crippen LogP contribution in [0.25, 0.3) is 0 Å². The largest absolute Gasteiger partial charge is 0.480 e. The number of fused-ring (bicyclic) bond motifs is 1. The van der Waals surface area contributed by atoms with Gasteiger partial charge in [0.25, 0.3) is 0 Å². The summed E-state index contributed by atoms with van der Waals surface area (Å²) in [5.74, 6) is -5.36. The molecule has 0 aromatic heterocycles. The van der Waals surface area contributed by atoms with Crippen LogP contribution in [-0.4, -0.2) is 59.7 Å². The molecule has 180 valence electrons. The number of carboxylic acid groups (broad SMARTS) is 1. The molecule has 0 saturated carbocycles. The number of anilines is 1. The molecule has 0 amide bonds. The van der Waals surface area contributed by atoms with E-state index in [4.69, 9.17) is 0 Å². The van der Waals surface area contributed by atoms with Crippen molar-refractivity contribution in [1.82, 2.24) is 4.90 Å². The molecule has 1 fully saturated rings. The summed E-state index contributed by atoms with van der Waals surface area (Å²) in [6.45, 7) is 5.62. The first-order valence-corrected chi connectivity index (χ1v) is 10.6. The number of Topliss-reactive ketones (excluding diaryl/α,β-unsaturated/α-hetero) is 1. The Balaban J connectivity index is 1.88. The van der Waals surface area contributed by atoms with E-state index in [1.54, 1.807) is 4.90 Å². The number of piperazine rings is 1. The van der Waals surface area contributed by atoms with Gasteiger partial charge in [0, 0.05) is 36.3 Å². The summed E-state index contributed by atoms with van der Waals surface area (Å²) in [4.78, 5) is 33.1. The number of aliphatic carboxylic acids is 1. The van der Waals surface area contributed by atoms with Crippen LogP contribution in [0.2, 0.25) is 0 Å². The number of carbonyl (C=O) groups excluding carboxylic acids is 1. The van der Waals surface area contributed by atoms with E-state index < -0.39 is 46.5 Å². The van der Waals surface area contributed by atoms with Gasteiger partial charge in [-0.3, -0.25) is 19.5 Å². The van der Waals surface area contributed by atoms with Crippen LogP contribution in [0.4, 0.5) is 28.9 Å². The first-order chi connectivity index (χ1) is 15.8. The minimum Gasteiger partial charge on any atom is -0.480 e. The maximum atomic E-state index is 15.1. The minimum atomic E-state index is -4.79. The zero-order chi connectivity index (χ0) is 25.0. The average Bonchev–Trinajstić information content (AvgIpc) is 2.74. The molecule has 0 spiro atoms. The van der Waals surface area contributed by atoms with Crippen LogP contribution in [-0.2, 0) is 11.0 Å². The predicted molar refractivity (Wildman–Crippen MR) is 118 cm³/mol. The normalized spacial score (nSPS) is 20.7. The SMILES string of the molecule is CN1CCN(c2cc3c(cc2F)C(=O)C(C(=O)O)C(c2ccccc2C(F)(F)F)=N3)CC1(C)C. The highest BCUT2D eigenvalue weighted by atomic mass is 19.4. The number of nitrogens with zero attached hydrogens (tertiary/aromatic N) is 3. The number of ketones is 1. The summed E-state index contributed by atoms with van der Waals surface area (Å²) in [5.41, 5.74) is -2.54. The number of aliphatic imine (C=N–C) groups is 1. The molecule has 2 aromatic rings. The third kappa shape index (κ3) is 4.06. The van der Waals surface area contributed by atoms with E-state index in [1.165, 1.54) is 18.2 Å². The zero-order valence-electron chi connectivity index (χ0n) is 18.8. The van der Waals surface area contributed by atoms with E-state index in [9.17, 15) is 27.9 Å². The second-order valence-corrected chi connectivity index (χ2v) is 9.15. The van der Waals surface area contributed by atoms with Crippen molar-refractivity contribution in [3.05, 3.63) is 58.9 Å². The minimum absolute atomic E-state index is 0.0531. The predicted octanol–water partition coefficient (Wildman–Crippen LogP) is 4.39. The Morgan fingerprint density at radius 2 is 1.82 bits per heavy atom. The Morgan fingerprint density at radius 3 is 2.44 bits per heavy atom. The summed E-state index contributed by atoms with van der Waals surface area (Å²) in [7, 11) is 1.96. The van der Waals surface area contributed by atoms with Gasteiger partial charge in [0.15, 0.2) is 11.7 Å². The highest BCUT2D eigenvalue weighted by Crippen LogP contribution is 2.40. The lowest BCUT2D eigenvalue weighted by Crippen LogP contribution is -2.57. The highest BCUT2D eigenvalue weighted by Gasteiger charge is 2.43. The summed E-state index contributed by atoms with van der Waals surface area (Å²) in [5, 5.41) is 9.68. The van der Waals surface area contributed by atoms with E-state index >= 15 is 4.39 Å². The molecule has 1 atom stereocenters. The number of carbonyl (C=O) groups is 2. The monoisotopic (exact) mass is 477 g/mol. The summed E-state index contributed by atoms with van der Waals surface area (Å²) < 4.78 is 56.0. The third-order valence-electron chi connectivity index (χ3n) is 6.52. The number of hydrogen-bond donors (Lipinski definition) is 1. The van der Waals surface area contributed by atoms with E-state index in [1.807, 2.05) is 20.9 Å². The van der Waals surface area contributed by atoms with Crippen molar-refractivity contribution in [3.63, 3.8) is 0 Å². The average molecular weight is 477 g/mol. The molecule has 10 heteroatoms. The van der Waals surface area contributed by atoms with Crippen molar-refractivity contribution in [2.24, 2.45) is 10.9 Å². The van der Waals surface area contributed by atoms with Crippen LogP contribution in [0, 0.1) is 11.7 Å². The van der Waals surface area contributed by atoms with Gasteiger partial charge in [-0.15, -0.1) is 0 Å². The van der Waals surface area contributed by atoms with Gasteiger partial charge in [-0.1, -0.05) is 18.2 Å². The van der Waals surface area contributed by atoms with Gasteiger partial charge in [0.2, 0.25) is 0 Å². The molecule has 0 bridgehead atoms. The molecule has 2 aliphatic rings. The van der Waals surface area contributed by atoms with E-state index in [0.717, 1.165) is 18.2 Å². The number of hydrogen-bond acceptors (Lipinski definition) is 5. The highest BCUT2D eigenvalue weighted by molar-refractivity contribution is 6.31. The van der Waals surface area contributed by atoms with Gasteiger partial charge in [-0.25, -0.2) is 4.39 Å². The van der Waals surface area contributed by atoms with Crippen LogP contribution >= 0.6 is 0 Å². The summed E-state index contributed by atoms with van der Waals surface area (Å²) >= 11 is 0. The fourth-order valence-electron chi connectivity index (χ4n) is 4.40. The van der Waals surface area contributed by atoms with Crippen LogP contribution in [0.1, 0.15) is 35.3 Å². The lowest BCUT2D eigenvalue weighted by atomic mass is 9.84. The van der Waals surface area contributed by atoms with Crippen molar-refractivity contribution in [3.8, 4) is 0 Å². The van der Waals surface area contributed by atoms with Crippen molar-refractivity contribution < 1.29 is 32.3 Å². The number of rotatable bonds is 3. The maximum Gasteiger partial charge on any atom is 0.417 e. The Kier molecular flexibility index (Phi) is 5.75. The van der Waals surface area contributed by atoms with Gasteiger partial charge in [-0.2, -0.15) is 13.2 Å². The topological polar surface area (TPSA) is 73.2 Å². The molecule has 2 aromatic carbocycles. The van der Waals surface area contributed by atoms with Gasteiger partial charge >= 0.3 is 12.1 Å². The molecular weight excluding hydrogens is 454 g/mol. The molecule has 0 aliphatic carbocycles. The smallest absolute Gasteiger partial charge is 0.417 e. The van der Waals surface area contributed by atoms with Gasteiger partial charge in [0.05, 0.1) is 22.6 Å². The molecule has 4 rings (SSSR count). The quantitative estimate of drug-likeness (QED) is 0.524. The van der Waals surface area contributed by atoms with Crippen molar-refractivity contribution in [2.45, 2.75) is 25.6 Å².